The van der Waals surface area contributed by atoms with Crippen molar-refractivity contribution in [3.05, 3.63) is 12.2 Å². The molecule has 3 nitrogen and oxygen atoms in total. The zero-order chi connectivity index (χ0) is 15.6. The first kappa shape index (κ1) is 17.4. The van der Waals surface area contributed by atoms with Crippen LogP contribution >= 0.6 is 0 Å². The lowest BCUT2D eigenvalue weighted by Crippen LogP contribution is -2.46. The van der Waals surface area contributed by atoms with Crippen LogP contribution in [-0.4, -0.2) is 27.0 Å². The number of esters is 1. The standard InChI is InChI=1S/C16H30O3Si/c1-12(2)16(4,5)20(6,7)18-11-14-8-9-15(10-14)19-13(3)17/h8-9,12,14-15H,10-11H2,1-7H3/t14-,15+/m1/s1. The van der Waals surface area contributed by atoms with Gasteiger partial charge in [0.2, 0.25) is 0 Å². The van der Waals surface area contributed by atoms with E-state index in [9.17, 15) is 4.79 Å². The maximum absolute atomic E-state index is 10.9. The zero-order valence-electron chi connectivity index (χ0n) is 14.0. The van der Waals surface area contributed by atoms with Gasteiger partial charge in [-0.25, -0.2) is 0 Å². The van der Waals surface area contributed by atoms with Crippen LogP contribution < -0.4 is 0 Å². The first-order chi connectivity index (χ1) is 9.06. The van der Waals surface area contributed by atoms with Crippen molar-refractivity contribution in [3.63, 3.8) is 0 Å². The van der Waals surface area contributed by atoms with E-state index in [1.54, 1.807) is 0 Å². The molecule has 0 spiro atoms. The largest absolute Gasteiger partial charge is 0.458 e. The molecule has 0 amide bonds. The van der Waals surface area contributed by atoms with E-state index in [0.717, 1.165) is 13.0 Å². The first-order valence-electron chi connectivity index (χ1n) is 7.55. The minimum Gasteiger partial charge on any atom is -0.458 e. The molecule has 0 aromatic carbocycles. The third-order valence-corrected chi connectivity index (χ3v) is 9.67. The quantitative estimate of drug-likeness (QED) is 0.420. The van der Waals surface area contributed by atoms with E-state index in [2.05, 4.69) is 46.9 Å². The van der Waals surface area contributed by atoms with Crippen molar-refractivity contribution >= 4 is 14.3 Å². The predicted octanol–water partition coefficient (Wildman–Crippen LogP) is 4.15. The molecule has 0 N–H and O–H groups in total. The first-order valence-corrected chi connectivity index (χ1v) is 10.5. The van der Waals surface area contributed by atoms with Crippen LogP contribution in [0, 0.1) is 11.8 Å². The normalized spacial score (nSPS) is 23.4. The van der Waals surface area contributed by atoms with Gasteiger partial charge >= 0.3 is 5.97 Å². The fourth-order valence-corrected chi connectivity index (χ4v) is 4.75. The highest BCUT2D eigenvalue weighted by Gasteiger charge is 2.43. The predicted molar refractivity (Wildman–Crippen MR) is 85.1 cm³/mol. The Morgan fingerprint density at radius 3 is 2.45 bits per heavy atom. The van der Waals surface area contributed by atoms with Gasteiger partial charge in [-0.15, -0.1) is 0 Å². The molecule has 0 fully saturated rings. The lowest BCUT2D eigenvalue weighted by atomic mass is 9.99. The highest BCUT2D eigenvalue weighted by atomic mass is 28.4. The van der Waals surface area contributed by atoms with Crippen LogP contribution in [0.25, 0.3) is 0 Å². The van der Waals surface area contributed by atoms with E-state index in [0.29, 0.717) is 11.8 Å². The van der Waals surface area contributed by atoms with Crippen LogP contribution in [0.2, 0.25) is 18.1 Å². The Bertz CT molecular complexity index is 372. The van der Waals surface area contributed by atoms with Gasteiger partial charge in [-0.3, -0.25) is 4.79 Å². The van der Waals surface area contributed by atoms with Crippen molar-refractivity contribution in [2.24, 2.45) is 11.8 Å². The summed E-state index contributed by atoms with van der Waals surface area (Å²) in [4.78, 5) is 10.9. The fourth-order valence-electron chi connectivity index (χ4n) is 2.36. The molecule has 20 heavy (non-hydrogen) atoms. The smallest absolute Gasteiger partial charge is 0.303 e. The van der Waals surface area contributed by atoms with Crippen molar-refractivity contribution in [3.8, 4) is 0 Å². The van der Waals surface area contributed by atoms with Crippen molar-refractivity contribution in [2.75, 3.05) is 6.61 Å². The Hall–Kier alpha value is -0.613. The van der Waals surface area contributed by atoms with E-state index < -0.39 is 8.32 Å². The molecule has 1 aliphatic rings. The van der Waals surface area contributed by atoms with Crippen LogP contribution in [0.15, 0.2) is 12.2 Å². The van der Waals surface area contributed by atoms with Gasteiger partial charge in [-0.2, -0.15) is 0 Å². The molecule has 0 saturated carbocycles. The molecule has 0 heterocycles. The average molecular weight is 298 g/mol. The van der Waals surface area contributed by atoms with Gasteiger partial charge in [0, 0.05) is 19.4 Å². The van der Waals surface area contributed by atoms with Gasteiger partial charge in [-0.1, -0.05) is 33.8 Å². The second kappa shape index (κ2) is 6.44. The molecule has 1 aliphatic carbocycles. The number of ether oxygens (including phenoxy) is 1. The van der Waals surface area contributed by atoms with E-state index in [4.69, 9.17) is 9.16 Å². The molecular formula is C16H30O3Si. The van der Waals surface area contributed by atoms with Gasteiger partial charge in [0.1, 0.15) is 6.10 Å². The third-order valence-electron chi connectivity index (χ3n) is 5.10. The van der Waals surface area contributed by atoms with Crippen LogP contribution in [0.1, 0.15) is 41.0 Å². The van der Waals surface area contributed by atoms with E-state index in [1.807, 2.05) is 6.08 Å². The molecule has 0 aliphatic heterocycles. The Morgan fingerprint density at radius 2 is 1.95 bits per heavy atom. The third kappa shape index (κ3) is 4.19. The monoisotopic (exact) mass is 298 g/mol. The zero-order valence-corrected chi connectivity index (χ0v) is 15.0. The molecular weight excluding hydrogens is 268 g/mol. The molecule has 4 heteroatoms. The Kier molecular flexibility index (Phi) is 5.61. The summed E-state index contributed by atoms with van der Waals surface area (Å²) in [5.41, 5.74) is 0. The van der Waals surface area contributed by atoms with Crippen LogP contribution in [0.5, 0.6) is 0 Å². The molecule has 0 unspecified atom stereocenters. The second-order valence-corrected chi connectivity index (χ2v) is 11.8. The maximum Gasteiger partial charge on any atom is 0.303 e. The number of carbonyl (C=O) groups excluding carboxylic acids is 1. The highest BCUT2D eigenvalue weighted by Crippen LogP contribution is 2.44. The Labute approximate surface area is 124 Å². The second-order valence-electron chi connectivity index (χ2n) is 7.23. The summed E-state index contributed by atoms with van der Waals surface area (Å²) in [5, 5.41) is 0.241. The summed E-state index contributed by atoms with van der Waals surface area (Å²) in [6.07, 6.45) is 4.90. The molecule has 0 radical (unpaired) electrons. The van der Waals surface area contributed by atoms with Crippen molar-refractivity contribution < 1.29 is 14.0 Å². The fraction of sp³-hybridized carbons (Fsp3) is 0.812. The Balaban J connectivity index is 2.49. The molecule has 0 aromatic heterocycles. The molecule has 116 valence electrons. The highest BCUT2D eigenvalue weighted by molar-refractivity contribution is 6.74. The lowest BCUT2D eigenvalue weighted by molar-refractivity contribution is -0.144. The average Bonchev–Trinajstić information content (AvgIpc) is 2.73. The molecule has 2 atom stereocenters. The van der Waals surface area contributed by atoms with Gasteiger partial charge in [0.15, 0.2) is 8.32 Å². The van der Waals surface area contributed by atoms with E-state index in [-0.39, 0.29) is 17.1 Å². The molecule has 0 aromatic rings. The lowest BCUT2D eigenvalue weighted by Gasteiger charge is -2.43. The number of rotatable bonds is 6. The van der Waals surface area contributed by atoms with Crippen LogP contribution in [0.3, 0.4) is 0 Å². The molecule has 0 bridgehead atoms. The SMILES string of the molecule is CC(=O)O[C@H]1C=C[C@@H](CO[Si](C)(C)C(C)(C)C(C)C)C1. The molecule has 0 saturated heterocycles. The minimum absolute atomic E-state index is 0.0658. The maximum atomic E-state index is 10.9. The van der Waals surface area contributed by atoms with Crippen molar-refractivity contribution in [1.82, 2.24) is 0 Å². The number of carbonyl (C=O) groups is 1. The van der Waals surface area contributed by atoms with Gasteiger partial charge in [0.25, 0.3) is 0 Å². The number of hydrogen-bond donors (Lipinski definition) is 0. The summed E-state index contributed by atoms with van der Waals surface area (Å²) < 4.78 is 11.5. The summed E-state index contributed by atoms with van der Waals surface area (Å²) in [7, 11) is -1.76. The topological polar surface area (TPSA) is 35.5 Å². The summed E-state index contributed by atoms with van der Waals surface area (Å²) in [5.74, 6) is 0.767. The molecule has 1 rings (SSSR count). The van der Waals surface area contributed by atoms with Crippen molar-refractivity contribution in [1.29, 1.82) is 0 Å². The van der Waals surface area contributed by atoms with E-state index >= 15 is 0 Å². The van der Waals surface area contributed by atoms with Crippen LogP contribution in [0.4, 0.5) is 0 Å². The van der Waals surface area contributed by atoms with Crippen molar-refractivity contribution in [2.45, 2.75) is 65.3 Å². The Morgan fingerprint density at radius 1 is 1.35 bits per heavy atom. The minimum atomic E-state index is -1.76. The van der Waals surface area contributed by atoms with Gasteiger partial charge < -0.3 is 9.16 Å². The summed E-state index contributed by atoms with van der Waals surface area (Å²) in [6.45, 7) is 16.0. The van der Waals surface area contributed by atoms with Gasteiger partial charge in [0.05, 0.1) is 0 Å². The number of hydrogen-bond acceptors (Lipinski definition) is 3. The summed E-state index contributed by atoms with van der Waals surface area (Å²) in [6, 6.07) is 0. The van der Waals surface area contributed by atoms with Crippen LogP contribution in [-0.2, 0) is 14.0 Å². The van der Waals surface area contributed by atoms with E-state index in [1.165, 1.54) is 6.92 Å². The summed E-state index contributed by atoms with van der Waals surface area (Å²) >= 11 is 0. The van der Waals surface area contributed by atoms with Gasteiger partial charge in [-0.05, 0) is 36.5 Å².